The second-order valence-corrected chi connectivity index (χ2v) is 3.31. The number of nitrogens with two attached hydrogens (primary N) is 1. The standard InChI is InChI=1S/C12H11FN2/c13-11-3-1-9(2-4-11)12(14)10-5-7-15-8-6-10/h1-8,12H,14H2/t12-/m0/s1. The van der Waals surface area contributed by atoms with Crippen molar-refractivity contribution in [1.82, 2.24) is 4.98 Å². The lowest BCUT2D eigenvalue weighted by Crippen LogP contribution is -2.11. The van der Waals surface area contributed by atoms with Gasteiger partial charge in [0.1, 0.15) is 5.82 Å². The zero-order valence-electron chi connectivity index (χ0n) is 8.10. The summed E-state index contributed by atoms with van der Waals surface area (Å²) in [6.07, 6.45) is 3.39. The molecule has 0 amide bonds. The Kier molecular flexibility index (Phi) is 2.74. The highest BCUT2D eigenvalue weighted by atomic mass is 19.1. The minimum atomic E-state index is -0.249. The molecule has 0 bridgehead atoms. The SMILES string of the molecule is N[C@H](c1ccncc1)c1ccc(F)cc1. The van der Waals surface area contributed by atoms with E-state index < -0.39 is 0 Å². The summed E-state index contributed by atoms with van der Waals surface area (Å²) >= 11 is 0. The van der Waals surface area contributed by atoms with Crippen molar-refractivity contribution in [3.8, 4) is 0 Å². The van der Waals surface area contributed by atoms with Crippen molar-refractivity contribution in [2.24, 2.45) is 5.73 Å². The molecule has 2 nitrogen and oxygen atoms in total. The van der Waals surface area contributed by atoms with E-state index in [0.29, 0.717) is 0 Å². The molecule has 2 aromatic rings. The van der Waals surface area contributed by atoms with E-state index in [-0.39, 0.29) is 11.9 Å². The lowest BCUT2D eigenvalue weighted by Gasteiger charge is -2.11. The van der Waals surface area contributed by atoms with Crippen LogP contribution in [0.25, 0.3) is 0 Å². The predicted molar refractivity (Wildman–Crippen MR) is 56.7 cm³/mol. The quantitative estimate of drug-likeness (QED) is 0.811. The normalized spacial score (nSPS) is 12.4. The number of pyridine rings is 1. The predicted octanol–water partition coefficient (Wildman–Crippen LogP) is 2.27. The minimum Gasteiger partial charge on any atom is -0.320 e. The van der Waals surface area contributed by atoms with Crippen LogP contribution in [0.15, 0.2) is 48.8 Å². The van der Waals surface area contributed by atoms with Gasteiger partial charge in [-0.25, -0.2) is 4.39 Å². The van der Waals surface area contributed by atoms with E-state index in [4.69, 9.17) is 5.73 Å². The lowest BCUT2D eigenvalue weighted by molar-refractivity contribution is 0.626. The average Bonchev–Trinajstić information content (AvgIpc) is 2.30. The van der Waals surface area contributed by atoms with Gasteiger partial charge in [-0.15, -0.1) is 0 Å². The number of rotatable bonds is 2. The van der Waals surface area contributed by atoms with Gasteiger partial charge in [0.05, 0.1) is 6.04 Å². The monoisotopic (exact) mass is 202 g/mol. The first-order chi connectivity index (χ1) is 7.27. The number of hydrogen-bond acceptors (Lipinski definition) is 2. The molecule has 0 aliphatic carbocycles. The molecule has 1 aromatic carbocycles. The summed E-state index contributed by atoms with van der Waals surface area (Å²) in [5, 5.41) is 0. The van der Waals surface area contributed by atoms with E-state index in [1.807, 2.05) is 12.1 Å². The Hall–Kier alpha value is -1.74. The van der Waals surface area contributed by atoms with Crippen molar-refractivity contribution >= 4 is 0 Å². The van der Waals surface area contributed by atoms with Crippen LogP contribution in [-0.4, -0.2) is 4.98 Å². The molecule has 1 heterocycles. The van der Waals surface area contributed by atoms with Gasteiger partial charge in [-0.2, -0.15) is 0 Å². The van der Waals surface area contributed by atoms with E-state index in [1.54, 1.807) is 24.5 Å². The molecule has 0 aliphatic rings. The van der Waals surface area contributed by atoms with E-state index in [0.717, 1.165) is 11.1 Å². The van der Waals surface area contributed by atoms with Crippen molar-refractivity contribution in [2.75, 3.05) is 0 Å². The van der Waals surface area contributed by atoms with Crippen LogP contribution in [0.3, 0.4) is 0 Å². The highest BCUT2D eigenvalue weighted by Crippen LogP contribution is 2.18. The van der Waals surface area contributed by atoms with Gasteiger partial charge in [-0.1, -0.05) is 12.1 Å². The molecule has 0 saturated heterocycles. The summed E-state index contributed by atoms with van der Waals surface area (Å²) in [7, 11) is 0. The highest BCUT2D eigenvalue weighted by molar-refractivity contribution is 5.29. The van der Waals surface area contributed by atoms with E-state index in [2.05, 4.69) is 4.98 Å². The van der Waals surface area contributed by atoms with Crippen LogP contribution in [-0.2, 0) is 0 Å². The zero-order valence-corrected chi connectivity index (χ0v) is 8.10. The topological polar surface area (TPSA) is 38.9 Å². The summed E-state index contributed by atoms with van der Waals surface area (Å²) in [5.41, 5.74) is 7.88. The highest BCUT2D eigenvalue weighted by Gasteiger charge is 2.07. The maximum Gasteiger partial charge on any atom is 0.123 e. The van der Waals surface area contributed by atoms with Crippen LogP contribution in [0.5, 0.6) is 0 Å². The Morgan fingerprint density at radius 2 is 1.47 bits per heavy atom. The number of aromatic nitrogens is 1. The van der Waals surface area contributed by atoms with E-state index >= 15 is 0 Å². The Balaban J connectivity index is 2.29. The molecule has 0 fully saturated rings. The molecule has 0 radical (unpaired) electrons. The van der Waals surface area contributed by atoms with Crippen LogP contribution in [0.1, 0.15) is 17.2 Å². The Labute approximate surface area is 87.6 Å². The average molecular weight is 202 g/mol. The fourth-order valence-corrected chi connectivity index (χ4v) is 1.43. The van der Waals surface area contributed by atoms with Gasteiger partial charge in [0.15, 0.2) is 0 Å². The van der Waals surface area contributed by atoms with Crippen molar-refractivity contribution in [1.29, 1.82) is 0 Å². The molecule has 3 heteroatoms. The summed E-state index contributed by atoms with van der Waals surface area (Å²) < 4.78 is 12.7. The fourth-order valence-electron chi connectivity index (χ4n) is 1.43. The summed E-state index contributed by atoms with van der Waals surface area (Å²) in [5.74, 6) is -0.249. The van der Waals surface area contributed by atoms with E-state index in [1.165, 1.54) is 12.1 Å². The molecule has 0 unspecified atom stereocenters. The summed E-state index contributed by atoms with van der Waals surface area (Å²) in [4.78, 5) is 3.92. The van der Waals surface area contributed by atoms with Crippen LogP contribution in [0.2, 0.25) is 0 Å². The lowest BCUT2D eigenvalue weighted by atomic mass is 10.0. The third kappa shape index (κ3) is 2.19. The number of benzene rings is 1. The molecule has 1 aromatic heterocycles. The van der Waals surface area contributed by atoms with Crippen molar-refractivity contribution in [3.63, 3.8) is 0 Å². The molecule has 15 heavy (non-hydrogen) atoms. The van der Waals surface area contributed by atoms with E-state index in [9.17, 15) is 4.39 Å². The molecule has 0 aliphatic heterocycles. The Bertz CT molecular complexity index is 425. The van der Waals surface area contributed by atoms with Crippen LogP contribution >= 0.6 is 0 Å². The second-order valence-electron chi connectivity index (χ2n) is 3.31. The van der Waals surface area contributed by atoms with Gasteiger partial charge >= 0.3 is 0 Å². The van der Waals surface area contributed by atoms with Crippen molar-refractivity contribution < 1.29 is 4.39 Å². The van der Waals surface area contributed by atoms with Crippen LogP contribution < -0.4 is 5.73 Å². The van der Waals surface area contributed by atoms with Gasteiger partial charge in [-0.3, -0.25) is 4.98 Å². The maximum atomic E-state index is 12.7. The molecule has 76 valence electrons. The fraction of sp³-hybridized carbons (Fsp3) is 0.0833. The largest absolute Gasteiger partial charge is 0.320 e. The molecule has 2 rings (SSSR count). The third-order valence-corrected chi connectivity index (χ3v) is 2.29. The number of hydrogen-bond donors (Lipinski definition) is 1. The van der Waals surface area contributed by atoms with Crippen molar-refractivity contribution in [3.05, 3.63) is 65.7 Å². The Morgan fingerprint density at radius 3 is 2.07 bits per heavy atom. The molecule has 0 saturated carbocycles. The third-order valence-electron chi connectivity index (χ3n) is 2.29. The molecular weight excluding hydrogens is 191 g/mol. The number of halogens is 1. The zero-order chi connectivity index (χ0) is 10.7. The van der Waals surface area contributed by atoms with Gasteiger partial charge in [0, 0.05) is 12.4 Å². The first-order valence-electron chi connectivity index (χ1n) is 4.68. The van der Waals surface area contributed by atoms with Crippen LogP contribution in [0, 0.1) is 5.82 Å². The summed E-state index contributed by atoms with van der Waals surface area (Å²) in [6.45, 7) is 0. The second kappa shape index (κ2) is 4.19. The van der Waals surface area contributed by atoms with Gasteiger partial charge in [0.2, 0.25) is 0 Å². The Morgan fingerprint density at radius 1 is 0.933 bits per heavy atom. The van der Waals surface area contributed by atoms with Gasteiger partial charge in [0.25, 0.3) is 0 Å². The minimum absolute atomic E-state index is 0.228. The van der Waals surface area contributed by atoms with Gasteiger partial charge < -0.3 is 5.73 Å². The smallest absolute Gasteiger partial charge is 0.123 e. The first kappa shape index (κ1) is 9.80. The molecule has 0 spiro atoms. The van der Waals surface area contributed by atoms with Crippen molar-refractivity contribution in [2.45, 2.75) is 6.04 Å². The molecule has 2 N–H and O–H groups in total. The van der Waals surface area contributed by atoms with Gasteiger partial charge in [-0.05, 0) is 35.4 Å². The number of nitrogens with zero attached hydrogens (tertiary/aromatic N) is 1. The first-order valence-corrected chi connectivity index (χ1v) is 4.68. The summed E-state index contributed by atoms with van der Waals surface area (Å²) in [6, 6.07) is 9.70. The molecular formula is C12H11FN2. The maximum absolute atomic E-state index is 12.7. The van der Waals surface area contributed by atoms with Crippen LogP contribution in [0.4, 0.5) is 4.39 Å². The molecule has 1 atom stereocenters.